The molecule has 4 heterocycles. The Balaban J connectivity index is 1.66. The third-order valence-electron chi connectivity index (χ3n) is 5.91. The Bertz CT molecular complexity index is 1100. The Morgan fingerprint density at radius 3 is 2.81 bits per heavy atom. The molecule has 3 aromatic heterocycles. The van der Waals surface area contributed by atoms with Crippen LogP contribution >= 0.6 is 0 Å². The van der Waals surface area contributed by atoms with E-state index in [4.69, 9.17) is 4.52 Å². The Morgan fingerprint density at radius 1 is 1.39 bits per heavy atom. The fourth-order valence-corrected chi connectivity index (χ4v) is 4.26. The van der Waals surface area contributed by atoms with Gasteiger partial charge in [0, 0.05) is 36.6 Å². The lowest BCUT2D eigenvalue weighted by Crippen LogP contribution is -2.42. The van der Waals surface area contributed by atoms with E-state index in [0.29, 0.717) is 31.5 Å². The van der Waals surface area contributed by atoms with Crippen molar-refractivity contribution in [1.82, 2.24) is 24.8 Å². The first-order valence-electron chi connectivity index (χ1n) is 10.4. The van der Waals surface area contributed by atoms with Gasteiger partial charge in [0.05, 0.1) is 16.6 Å². The van der Waals surface area contributed by atoms with Gasteiger partial charge in [-0.3, -0.25) is 9.48 Å². The van der Waals surface area contributed by atoms with E-state index in [9.17, 15) is 18.0 Å². The summed E-state index contributed by atoms with van der Waals surface area (Å²) in [4.78, 5) is 18.9. The van der Waals surface area contributed by atoms with Crippen molar-refractivity contribution in [3.05, 3.63) is 41.0 Å². The quantitative estimate of drug-likeness (QED) is 0.612. The summed E-state index contributed by atoms with van der Waals surface area (Å²) < 4.78 is 48.2. The van der Waals surface area contributed by atoms with E-state index in [1.165, 1.54) is 0 Å². The van der Waals surface area contributed by atoms with Gasteiger partial charge in [-0.25, -0.2) is 4.98 Å². The zero-order valence-electron chi connectivity index (χ0n) is 17.6. The van der Waals surface area contributed by atoms with Gasteiger partial charge < -0.3 is 9.42 Å². The second-order valence-corrected chi connectivity index (χ2v) is 7.98. The highest BCUT2D eigenvalue weighted by Gasteiger charge is 2.38. The van der Waals surface area contributed by atoms with Gasteiger partial charge >= 0.3 is 6.18 Å². The van der Waals surface area contributed by atoms with Crippen molar-refractivity contribution in [2.45, 2.75) is 58.2 Å². The van der Waals surface area contributed by atoms with E-state index in [1.807, 2.05) is 13.0 Å². The standard InChI is InChI=1S/C21H24F3N5O2/c1-4-15-10-16(21(22,23)24)17-18(27-31-19(17)26-15)14-6-5-9-28(11-14)20(30)13(3)29-12(2)7-8-25-29/h7-8,10,13-14H,4-6,9,11H2,1-3H3/t13-,14+/m1/s1. The number of aromatic nitrogens is 4. The maximum atomic E-state index is 13.8. The first-order chi connectivity index (χ1) is 14.7. The minimum absolute atomic E-state index is 0.0973. The molecule has 1 fully saturated rings. The highest BCUT2D eigenvalue weighted by atomic mass is 19.4. The average Bonchev–Trinajstić information content (AvgIpc) is 3.37. The number of carbonyl (C=O) groups excluding carboxylic acids is 1. The lowest BCUT2D eigenvalue weighted by atomic mass is 9.91. The molecule has 0 aromatic carbocycles. The molecule has 10 heteroatoms. The monoisotopic (exact) mass is 435 g/mol. The van der Waals surface area contributed by atoms with Gasteiger partial charge in [0.2, 0.25) is 5.91 Å². The topological polar surface area (TPSA) is 77.0 Å². The van der Waals surface area contributed by atoms with Crippen LogP contribution in [0.5, 0.6) is 0 Å². The molecule has 2 atom stereocenters. The van der Waals surface area contributed by atoms with Crippen LogP contribution in [0, 0.1) is 6.92 Å². The maximum absolute atomic E-state index is 13.8. The van der Waals surface area contributed by atoms with E-state index < -0.39 is 17.8 Å². The minimum atomic E-state index is -4.55. The number of fused-ring (bicyclic) bond motifs is 1. The number of rotatable bonds is 4. The van der Waals surface area contributed by atoms with Gasteiger partial charge in [0.25, 0.3) is 5.71 Å². The van der Waals surface area contributed by atoms with Gasteiger partial charge in [-0.2, -0.15) is 18.3 Å². The summed E-state index contributed by atoms with van der Waals surface area (Å²) in [5.74, 6) is -0.480. The third-order valence-corrected chi connectivity index (χ3v) is 5.91. The van der Waals surface area contributed by atoms with Crippen molar-refractivity contribution in [3.63, 3.8) is 0 Å². The van der Waals surface area contributed by atoms with Crippen LogP contribution in [0.15, 0.2) is 22.9 Å². The molecule has 0 radical (unpaired) electrons. The van der Waals surface area contributed by atoms with Crippen LogP contribution < -0.4 is 0 Å². The van der Waals surface area contributed by atoms with E-state index >= 15 is 0 Å². The van der Waals surface area contributed by atoms with Gasteiger partial charge in [-0.15, -0.1) is 0 Å². The van der Waals surface area contributed by atoms with Gasteiger partial charge in [-0.05, 0) is 45.2 Å². The van der Waals surface area contributed by atoms with Crippen molar-refractivity contribution in [2.24, 2.45) is 0 Å². The number of hydrogen-bond donors (Lipinski definition) is 0. The third kappa shape index (κ3) is 3.90. The summed E-state index contributed by atoms with van der Waals surface area (Å²) in [6, 6.07) is 2.39. The molecule has 0 spiro atoms. The summed E-state index contributed by atoms with van der Waals surface area (Å²) in [7, 11) is 0. The Hall–Kier alpha value is -2.91. The van der Waals surface area contributed by atoms with Gasteiger partial charge in [0.1, 0.15) is 6.04 Å². The molecule has 1 aliphatic rings. The zero-order valence-corrected chi connectivity index (χ0v) is 17.6. The first kappa shape index (κ1) is 21.3. The van der Waals surface area contributed by atoms with Crippen LogP contribution in [-0.2, 0) is 17.4 Å². The predicted molar refractivity (Wildman–Crippen MR) is 106 cm³/mol. The van der Waals surface area contributed by atoms with E-state index in [0.717, 1.165) is 11.8 Å². The van der Waals surface area contributed by atoms with Crippen LogP contribution in [0.1, 0.15) is 61.3 Å². The number of alkyl halides is 3. The number of hydrogen-bond acceptors (Lipinski definition) is 5. The highest BCUT2D eigenvalue weighted by molar-refractivity contribution is 5.83. The lowest BCUT2D eigenvalue weighted by molar-refractivity contribution is -0.137. The predicted octanol–water partition coefficient (Wildman–Crippen LogP) is 4.28. The fourth-order valence-electron chi connectivity index (χ4n) is 4.26. The molecule has 3 aromatic rings. The molecule has 1 saturated heterocycles. The van der Waals surface area contributed by atoms with Crippen LogP contribution in [0.3, 0.4) is 0 Å². The Kier molecular flexibility index (Phi) is 5.49. The first-order valence-corrected chi connectivity index (χ1v) is 10.4. The van der Waals surface area contributed by atoms with Crippen molar-refractivity contribution in [3.8, 4) is 0 Å². The number of amides is 1. The molecule has 0 saturated carbocycles. The normalized spacial score (nSPS) is 18.5. The summed E-state index contributed by atoms with van der Waals surface area (Å²) in [5, 5.41) is 8.09. The summed E-state index contributed by atoms with van der Waals surface area (Å²) in [6.07, 6.45) is -1.28. The van der Waals surface area contributed by atoms with Crippen molar-refractivity contribution in [2.75, 3.05) is 13.1 Å². The molecular formula is C21H24F3N5O2. The van der Waals surface area contributed by atoms with Crippen LogP contribution in [-0.4, -0.2) is 43.8 Å². The molecule has 0 bridgehead atoms. The number of carbonyl (C=O) groups is 1. The molecule has 1 amide bonds. The Labute approximate surface area is 177 Å². The van der Waals surface area contributed by atoms with Crippen LogP contribution in [0.2, 0.25) is 0 Å². The minimum Gasteiger partial charge on any atom is -0.340 e. The van der Waals surface area contributed by atoms with Crippen molar-refractivity contribution in [1.29, 1.82) is 0 Å². The fraction of sp³-hybridized carbons (Fsp3) is 0.524. The zero-order chi connectivity index (χ0) is 22.3. The SMILES string of the molecule is CCc1cc(C(F)(F)F)c2c([C@H]3CCCN(C(=O)[C@@H](C)n4nccc4C)C3)noc2n1. The smallest absolute Gasteiger partial charge is 0.340 e. The van der Waals surface area contributed by atoms with Crippen LogP contribution in [0.25, 0.3) is 11.1 Å². The molecule has 0 aliphatic carbocycles. The second kappa shape index (κ2) is 7.97. The second-order valence-electron chi connectivity index (χ2n) is 7.98. The summed E-state index contributed by atoms with van der Waals surface area (Å²) >= 11 is 0. The maximum Gasteiger partial charge on any atom is 0.417 e. The van der Waals surface area contributed by atoms with Crippen molar-refractivity contribution < 1.29 is 22.5 Å². The summed E-state index contributed by atoms with van der Waals surface area (Å²) in [6.45, 7) is 6.19. The summed E-state index contributed by atoms with van der Waals surface area (Å²) in [5.41, 5.74) is 0.495. The average molecular weight is 435 g/mol. The van der Waals surface area contributed by atoms with Crippen LogP contribution in [0.4, 0.5) is 13.2 Å². The molecule has 31 heavy (non-hydrogen) atoms. The molecular weight excluding hydrogens is 411 g/mol. The molecule has 0 unspecified atom stereocenters. The lowest BCUT2D eigenvalue weighted by Gasteiger charge is -2.34. The largest absolute Gasteiger partial charge is 0.417 e. The number of nitrogens with zero attached hydrogens (tertiary/aromatic N) is 5. The molecule has 0 N–H and O–H groups in total. The van der Waals surface area contributed by atoms with Gasteiger partial charge in [-0.1, -0.05) is 12.1 Å². The number of aryl methyl sites for hydroxylation is 2. The van der Waals surface area contributed by atoms with E-state index in [1.54, 1.807) is 29.6 Å². The number of piperidine rings is 1. The number of pyridine rings is 1. The molecule has 7 nitrogen and oxygen atoms in total. The van der Waals surface area contributed by atoms with E-state index in [2.05, 4.69) is 15.2 Å². The number of likely N-dealkylation sites (tertiary alicyclic amines) is 1. The highest BCUT2D eigenvalue weighted by Crippen LogP contribution is 2.40. The number of halogens is 3. The molecule has 1 aliphatic heterocycles. The van der Waals surface area contributed by atoms with Gasteiger partial charge in [0.15, 0.2) is 0 Å². The van der Waals surface area contributed by atoms with E-state index in [-0.39, 0.29) is 35.2 Å². The Morgan fingerprint density at radius 2 is 2.16 bits per heavy atom. The van der Waals surface area contributed by atoms with Crippen molar-refractivity contribution >= 4 is 17.0 Å². The molecule has 4 rings (SSSR count). The molecule has 166 valence electrons.